The van der Waals surface area contributed by atoms with Crippen LogP contribution in [0.15, 0.2) is 70.3 Å². The number of hydrogen-bond acceptors (Lipinski definition) is 3. The van der Waals surface area contributed by atoms with E-state index in [0.717, 1.165) is 21.9 Å². The molecule has 4 rings (SSSR count). The normalized spacial score (nSPS) is 20.1. The van der Waals surface area contributed by atoms with E-state index in [2.05, 4.69) is 26.0 Å². The highest BCUT2D eigenvalue weighted by Gasteiger charge is 2.61. The third-order valence-electron chi connectivity index (χ3n) is 5.44. The summed E-state index contributed by atoms with van der Waals surface area (Å²) < 4.78 is 1.98. The Morgan fingerprint density at radius 2 is 1.82 bits per heavy atom. The van der Waals surface area contributed by atoms with E-state index >= 15 is 0 Å². The topological polar surface area (TPSA) is 34.9 Å². The van der Waals surface area contributed by atoms with Crippen molar-refractivity contribution in [1.82, 2.24) is 9.55 Å². The summed E-state index contributed by atoms with van der Waals surface area (Å²) in [6, 6.07) is 18.0. The number of benzene rings is 2. The Labute approximate surface area is 178 Å². The summed E-state index contributed by atoms with van der Waals surface area (Å²) in [6.45, 7) is 4.15. The molecule has 1 aliphatic rings. The van der Waals surface area contributed by atoms with Crippen LogP contribution in [0.25, 0.3) is 11.0 Å². The third-order valence-corrected chi connectivity index (χ3v) is 6.71. The lowest BCUT2D eigenvalue weighted by Gasteiger charge is -2.09. The van der Waals surface area contributed by atoms with Crippen molar-refractivity contribution in [2.24, 2.45) is 17.3 Å². The first-order valence-corrected chi connectivity index (χ1v) is 10.8. The highest BCUT2D eigenvalue weighted by Crippen LogP contribution is 2.60. The van der Waals surface area contributed by atoms with Gasteiger partial charge in [0.05, 0.1) is 17.0 Å². The second-order valence-electron chi connectivity index (χ2n) is 7.61. The molecule has 0 amide bonds. The van der Waals surface area contributed by atoms with Gasteiger partial charge in [-0.3, -0.25) is 9.36 Å². The van der Waals surface area contributed by atoms with E-state index in [-0.39, 0.29) is 27.6 Å². The van der Waals surface area contributed by atoms with Crippen molar-refractivity contribution in [3.63, 3.8) is 0 Å². The van der Waals surface area contributed by atoms with Gasteiger partial charge in [-0.25, -0.2) is 4.98 Å². The molecule has 3 nitrogen and oxygen atoms in total. The lowest BCUT2D eigenvalue weighted by molar-refractivity contribution is 0.0862. The SMILES string of the molecule is CC1(C)[C@H](C=C(Cl)Cl)[C@H]1C(=O)n1c(SCc2ccccc2)nc2ccccc21. The molecule has 144 valence electrons. The smallest absolute Gasteiger partial charge is 0.237 e. The molecule has 1 heterocycles. The summed E-state index contributed by atoms with van der Waals surface area (Å²) in [5.74, 6) is 0.652. The van der Waals surface area contributed by atoms with Crippen LogP contribution in [0.1, 0.15) is 24.2 Å². The Morgan fingerprint density at radius 1 is 1.14 bits per heavy atom. The van der Waals surface area contributed by atoms with Gasteiger partial charge in [-0.2, -0.15) is 0 Å². The average molecular weight is 431 g/mol. The van der Waals surface area contributed by atoms with Gasteiger partial charge in [0.1, 0.15) is 4.49 Å². The summed E-state index contributed by atoms with van der Waals surface area (Å²) in [4.78, 5) is 18.2. The zero-order valence-corrected chi connectivity index (χ0v) is 17.9. The van der Waals surface area contributed by atoms with Crippen molar-refractivity contribution >= 4 is 51.9 Å². The highest BCUT2D eigenvalue weighted by molar-refractivity contribution is 7.98. The molecule has 0 aliphatic heterocycles. The van der Waals surface area contributed by atoms with E-state index in [1.165, 1.54) is 5.56 Å². The zero-order valence-electron chi connectivity index (χ0n) is 15.6. The number of hydrogen-bond donors (Lipinski definition) is 0. The maximum atomic E-state index is 13.5. The molecule has 1 fully saturated rings. The number of fused-ring (bicyclic) bond motifs is 1. The number of aromatic nitrogens is 2. The van der Waals surface area contributed by atoms with Gasteiger partial charge >= 0.3 is 0 Å². The van der Waals surface area contributed by atoms with Crippen molar-refractivity contribution in [3.8, 4) is 0 Å². The Kier molecular flexibility index (Phi) is 5.30. The molecule has 2 atom stereocenters. The summed E-state index contributed by atoms with van der Waals surface area (Å²) in [5, 5.41) is 0.720. The van der Waals surface area contributed by atoms with E-state index in [4.69, 9.17) is 28.2 Å². The number of carbonyl (C=O) groups excluding carboxylic acids is 1. The molecule has 2 aromatic carbocycles. The van der Waals surface area contributed by atoms with Gasteiger partial charge in [-0.15, -0.1) is 0 Å². The van der Waals surface area contributed by atoms with Crippen molar-refractivity contribution < 1.29 is 4.79 Å². The van der Waals surface area contributed by atoms with Crippen molar-refractivity contribution in [2.45, 2.75) is 24.8 Å². The molecule has 0 unspecified atom stereocenters. The Bertz CT molecular complexity index is 1050. The largest absolute Gasteiger partial charge is 0.274 e. The first-order valence-electron chi connectivity index (χ1n) is 9.11. The Hall–Kier alpha value is -1.75. The second kappa shape index (κ2) is 7.58. The minimum atomic E-state index is -0.182. The third kappa shape index (κ3) is 3.61. The van der Waals surface area contributed by atoms with Crippen LogP contribution in [-0.4, -0.2) is 15.5 Å². The molecule has 0 bridgehead atoms. The van der Waals surface area contributed by atoms with Crippen LogP contribution in [0.3, 0.4) is 0 Å². The fourth-order valence-electron chi connectivity index (χ4n) is 3.77. The maximum absolute atomic E-state index is 13.5. The van der Waals surface area contributed by atoms with E-state index in [9.17, 15) is 4.79 Å². The highest BCUT2D eigenvalue weighted by atomic mass is 35.5. The predicted octanol–water partition coefficient (Wildman–Crippen LogP) is 6.56. The number of para-hydroxylation sites is 2. The molecule has 0 spiro atoms. The second-order valence-corrected chi connectivity index (χ2v) is 9.56. The quantitative estimate of drug-likeness (QED) is 0.429. The van der Waals surface area contributed by atoms with Crippen LogP contribution in [-0.2, 0) is 5.75 Å². The molecule has 1 aliphatic carbocycles. The van der Waals surface area contributed by atoms with Gasteiger partial charge in [0.25, 0.3) is 0 Å². The minimum absolute atomic E-state index is 0.0261. The van der Waals surface area contributed by atoms with Gasteiger partial charge in [0.15, 0.2) is 5.16 Å². The van der Waals surface area contributed by atoms with Gasteiger partial charge in [-0.1, -0.05) is 91.3 Å². The number of rotatable bonds is 5. The zero-order chi connectivity index (χ0) is 19.9. The van der Waals surface area contributed by atoms with Crippen molar-refractivity contribution in [2.75, 3.05) is 0 Å². The van der Waals surface area contributed by atoms with Gasteiger partial charge in [0.2, 0.25) is 5.91 Å². The summed E-state index contributed by atoms with van der Waals surface area (Å²) >= 11 is 13.3. The molecule has 0 N–H and O–H groups in total. The number of allylic oxidation sites excluding steroid dienone is 1. The summed E-state index contributed by atoms with van der Waals surface area (Å²) in [7, 11) is 0. The summed E-state index contributed by atoms with van der Waals surface area (Å²) in [5.41, 5.74) is 2.68. The molecule has 1 aromatic heterocycles. The standard InChI is InChI=1S/C22H20Cl2N2OS/c1-22(2)15(12-18(23)24)19(22)20(27)26-17-11-7-6-10-16(17)25-21(26)28-13-14-8-4-3-5-9-14/h3-12,15,19H,13H2,1-2H3/t15-,19+/m1/s1. The minimum Gasteiger partial charge on any atom is -0.274 e. The Morgan fingerprint density at radius 3 is 2.54 bits per heavy atom. The van der Waals surface area contributed by atoms with Crippen LogP contribution in [0.5, 0.6) is 0 Å². The van der Waals surface area contributed by atoms with Crippen molar-refractivity contribution in [1.29, 1.82) is 0 Å². The summed E-state index contributed by atoms with van der Waals surface area (Å²) in [6.07, 6.45) is 1.78. The van der Waals surface area contributed by atoms with E-state index in [1.807, 2.05) is 42.5 Å². The van der Waals surface area contributed by atoms with Crippen LogP contribution in [0, 0.1) is 17.3 Å². The first kappa shape index (κ1) is 19.6. The molecule has 6 heteroatoms. The lowest BCUT2D eigenvalue weighted by atomic mass is 10.1. The Balaban J connectivity index is 1.69. The van der Waals surface area contributed by atoms with Crippen LogP contribution < -0.4 is 0 Å². The maximum Gasteiger partial charge on any atom is 0.237 e. The fraction of sp³-hybridized carbons (Fsp3) is 0.273. The molecule has 28 heavy (non-hydrogen) atoms. The van der Waals surface area contributed by atoms with Crippen LogP contribution in [0.4, 0.5) is 0 Å². The molecule has 1 saturated carbocycles. The van der Waals surface area contributed by atoms with E-state index in [1.54, 1.807) is 22.4 Å². The number of imidazole rings is 1. The predicted molar refractivity (Wildman–Crippen MR) is 117 cm³/mol. The molecule has 0 radical (unpaired) electrons. The van der Waals surface area contributed by atoms with Gasteiger partial charge < -0.3 is 0 Å². The van der Waals surface area contributed by atoms with E-state index < -0.39 is 0 Å². The van der Waals surface area contributed by atoms with Crippen molar-refractivity contribution in [3.05, 3.63) is 70.7 Å². The van der Waals surface area contributed by atoms with Crippen LogP contribution >= 0.6 is 35.0 Å². The van der Waals surface area contributed by atoms with Gasteiger partial charge in [0, 0.05) is 5.75 Å². The molecule has 3 aromatic rings. The van der Waals surface area contributed by atoms with Gasteiger partial charge in [-0.05, 0) is 35.1 Å². The molecular formula is C22H20Cl2N2OS. The number of nitrogens with zero attached hydrogens (tertiary/aromatic N) is 2. The monoisotopic (exact) mass is 430 g/mol. The van der Waals surface area contributed by atoms with Crippen LogP contribution in [0.2, 0.25) is 0 Å². The average Bonchev–Trinajstić information content (AvgIpc) is 3.03. The molecule has 0 saturated heterocycles. The number of carbonyl (C=O) groups is 1. The lowest BCUT2D eigenvalue weighted by Crippen LogP contribution is -2.17. The molecular weight excluding hydrogens is 411 g/mol. The van der Waals surface area contributed by atoms with E-state index in [0.29, 0.717) is 0 Å². The first-order chi connectivity index (χ1) is 13.4. The fourth-order valence-corrected chi connectivity index (χ4v) is 5.01. The number of thioether (sulfide) groups is 1. The number of halogens is 2.